The molecule has 2 aromatic carbocycles. The zero-order valence-electron chi connectivity index (χ0n) is 19.4. The van der Waals surface area contributed by atoms with Gasteiger partial charge in [-0.2, -0.15) is 0 Å². The number of allylic oxidation sites excluding steroid dienone is 1. The van der Waals surface area contributed by atoms with E-state index in [4.69, 9.17) is 16.3 Å². The molecule has 0 fully saturated rings. The number of para-hydroxylation sites is 1. The van der Waals surface area contributed by atoms with Crippen LogP contribution in [0.2, 0.25) is 5.02 Å². The lowest BCUT2D eigenvalue weighted by Crippen LogP contribution is -2.40. The maximum absolute atomic E-state index is 14.0. The second-order valence-corrected chi connectivity index (χ2v) is 9.71. The Labute approximate surface area is 210 Å². The van der Waals surface area contributed by atoms with Crippen LogP contribution in [0, 0.1) is 0 Å². The monoisotopic (exact) mass is 507 g/mol. The molecule has 0 unspecified atom stereocenters. The molecule has 0 saturated heterocycles. The summed E-state index contributed by atoms with van der Waals surface area (Å²) in [5.41, 5.74) is 2.92. The van der Waals surface area contributed by atoms with Gasteiger partial charge in [0.2, 0.25) is 0 Å². The number of carbonyl (C=O) groups excluding carboxylic acids is 2. The number of rotatable bonds is 4. The summed E-state index contributed by atoms with van der Waals surface area (Å²) in [5, 5.41) is 0.535. The quantitative estimate of drug-likeness (QED) is 0.508. The number of nitrogens with zero attached hydrogens (tertiary/aromatic N) is 3. The molecule has 5 rings (SSSR count). The van der Waals surface area contributed by atoms with Gasteiger partial charge in [0, 0.05) is 17.1 Å². The second-order valence-electron chi connectivity index (χ2n) is 8.29. The first kappa shape index (κ1) is 23.3. The van der Waals surface area contributed by atoms with E-state index in [1.54, 1.807) is 36.1 Å². The number of benzene rings is 2. The van der Waals surface area contributed by atoms with Crippen molar-refractivity contribution in [2.45, 2.75) is 26.3 Å². The number of methoxy groups -OCH3 is 1. The van der Waals surface area contributed by atoms with Crippen molar-refractivity contribution >= 4 is 46.1 Å². The van der Waals surface area contributed by atoms with Gasteiger partial charge in [-0.25, -0.2) is 9.79 Å². The van der Waals surface area contributed by atoms with Crippen molar-refractivity contribution in [2.24, 2.45) is 4.99 Å². The number of ether oxygens (including phenoxy) is 1. The molecule has 0 radical (unpaired) electrons. The number of thiazole rings is 1. The number of anilines is 1. The molecule has 7 nitrogen and oxygen atoms in total. The fourth-order valence-electron chi connectivity index (χ4n) is 4.65. The molecular weight excluding hydrogens is 486 g/mol. The molecule has 9 heteroatoms. The van der Waals surface area contributed by atoms with Crippen molar-refractivity contribution in [3.05, 3.63) is 95.6 Å². The standard InChI is InChI=1S/C26H22ClN3O4S/c1-4-13-29-18-8-6-5-7-17(18)20(23(29)31)22-24(32)30-21(15-9-11-16(27)12-10-15)19(25(33)34-3)14(2)28-26(30)35-22/h5-12,21H,4,13H2,1-3H3/b22-20+/t21-/m1/s1. The largest absolute Gasteiger partial charge is 0.466 e. The third-order valence-corrected chi connectivity index (χ3v) is 7.49. The molecule has 0 aliphatic carbocycles. The van der Waals surface area contributed by atoms with E-state index >= 15 is 0 Å². The van der Waals surface area contributed by atoms with Gasteiger partial charge >= 0.3 is 5.97 Å². The molecule has 1 atom stereocenters. The third kappa shape index (κ3) is 3.64. The predicted molar refractivity (Wildman–Crippen MR) is 135 cm³/mol. The summed E-state index contributed by atoms with van der Waals surface area (Å²) in [6.07, 6.45) is 0.785. The molecule has 0 spiro atoms. The van der Waals surface area contributed by atoms with Crippen molar-refractivity contribution in [1.82, 2.24) is 4.57 Å². The average Bonchev–Trinajstić information content (AvgIpc) is 3.31. The molecule has 0 N–H and O–H groups in total. The van der Waals surface area contributed by atoms with Crippen molar-refractivity contribution in [1.29, 1.82) is 0 Å². The minimum absolute atomic E-state index is 0.203. The molecule has 0 bridgehead atoms. The number of hydrogen-bond acceptors (Lipinski definition) is 6. The average molecular weight is 508 g/mol. The highest BCUT2D eigenvalue weighted by Crippen LogP contribution is 2.35. The normalized spacial score (nSPS) is 18.3. The maximum atomic E-state index is 14.0. The first-order valence-electron chi connectivity index (χ1n) is 11.2. The number of carbonyl (C=O) groups is 2. The number of hydrogen-bond donors (Lipinski definition) is 0. The topological polar surface area (TPSA) is 81.0 Å². The molecule has 1 aromatic heterocycles. The number of amides is 1. The van der Waals surface area contributed by atoms with Crippen LogP contribution in [0.1, 0.15) is 37.4 Å². The minimum atomic E-state index is -0.760. The Kier molecular flexibility index (Phi) is 5.94. The Hall–Kier alpha value is -3.49. The number of fused-ring (bicyclic) bond motifs is 2. The van der Waals surface area contributed by atoms with Crippen LogP contribution in [0.15, 0.2) is 69.6 Å². The summed E-state index contributed by atoms with van der Waals surface area (Å²) >= 11 is 7.26. The van der Waals surface area contributed by atoms with Gasteiger partial charge in [-0.1, -0.05) is 60.2 Å². The van der Waals surface area contributed by atoms with Gasteiger partial charge in [-0.15, -0.1) is 0 Å². The van der Waals surface area contributed by atoms with Crippen molar-refractivity contribution in [3.63, 3.8) is 0 Å². The summed E-state index contributed by atoms with van der Waals surface area (Å²) < 4.78 is 6.82. The number of halogens is 1. The molecule has 2 aliphatic rings. The highest BCUT2D eigenvalue weighted by Gasteiger charge is 2.36. The van der Waals surface area contributed by atoms with Gasteiger partial charge in [0.15, 0.2) is 4.80 Å². The highest BCUT2D eigenvalue weighted by molar-refractivity contribution is 7.07. The van der Waals surface area contributed by atoms with E-state index in [0.29, 0.717) is 37.7 Å². The van der Waals surface area contributed by atoms with Crippen LogP contribution in [0.3, 0.4) is 0 Å². The zero-order chi connectivity index (χ0) is 24.9. The lowest BCUT2D eigenvalue weighted by atomic mass is 9.96. The summed E-state index contributed by atoms with van der Waals surface area (Å²) in [6, 6.07) is 13.7. The van der Waals surface area contributed by atoms with E-state index in [1.807, 2.05) is 31.2 Å². The van der Waals surface area contributed by atoms with Gasteiger partial charge in [0.25, 0.3) is 11.5 Å². The van der Waals surface area contributed by atoms with E-state index in [1.165, 1.54) is 11.7 Å². The van der Waals surface area contributed by atoms with E-state index < -0.39 is 12.0 Å². The molecule has 2 aliphatic heterocycles. The molecule has 0 saturated carbocycles. The minimum Gasteiger partial charge on any atom is -0.466 e. The molecule has 3 aromatic rings. The predicted octanol–water partition coefficient (Wildman–Crippen LogP) is 3.19. The Morgan fingerprint density at radius 3 is 2.54 bits per heavy atom. The Morgan fingerprint density at radius 2 is 1.86 bits per heavy atom. The smallest absolute Gasteiger partial charge is 0.338 e. The van der Waals surface area contributed by atoms with E-state index in [9.17, 15) is 14.4 Å². The van der Waals surface area contributed by atoms with Gasteiger partial charge in [0.1, 0.15) is 4.53 Å². The maximum Gasteiger partial charge on any atom is 0.338 e. The van der Waals surface area contributed by atoms with Crippen molar-refractivity contribution < 1.29 is 14.3 Å². The van der Waals surface area contributed by atoms with Gasteiger partial charge < -0.3 is 9.64 Å². The Balaban J connectivity index is 1.83. The summed E-state index contributed by atoms with van der Waals surface area (Å²) in [6.45, 7) is 4.27. The molecular formula is C26H22ClN3O4S. The molecule has 178 valence electrons. The first-order chi connectivity index (χ1) is 16.9. The number of aromatic nitrogens is 1. The van der Waals surface area contributed by atoms with Crippen LogP contribution in [0.4, 0.5) is 5.69 Å². The lowest BCUT2D eigenvalue weighted by Gasteiger charge is -2.24. The van der Waals surface area contributed by atoms with Crippen LogP contribution in [-0.4, -0.2) is 30.1 Å². The van der Waals surface area contributed by atoms with Crippen LogP contribution < -0.4 is 19.8 Å². The van der Waals surface area contributed by atoms with Gasteiger partial charge in [-0.05, 0) is 37.1 Å². The van der Waals surface area contributed by atoms with E-state index in [-0.39, 0.29) is 17.0 Å². The van der Waals surface area contributed by atoms with Crippen LogP contribution in [0.5, 0.6) is 0 Å². The van der Waals surface area contributed by atoms with Crippen molar-refractivity contribution in [3.8, 4) is 0 Å². The molecule has 35 heavy (non-hydrogen) atoms. The molecule has 3 heterocycles. The van der Waals surface area contributed by atoms with Crippen LogP contribution in [0.25, 0.3) is 5.57 Å². The van der Waals surface area contributed by atoms with Gasteiger partial charge in [-0.3, -0.25) is 14.2 Å². The second kappa shape index (κ2) is 8.94. The third-order valence-electron chi connectivity index (χ3n) is 6.19. The Morgan fingerprint density at radius 1 is 1.14 bits per heavy atom. The van der Waals surface area contributed by atoms with Gasteiger partial charge in [0.05, 0.1) is 35.7 Å². The van der Waals surface area contributed by atoms with E-state index in [2.05, 4.69) is 4.99 Å². The SMILES string of the molecule is CCCN1C(=O)/C(=c2/sc3n(c2=O)[C@H](c2ccc(Cl)cc2)C(C(=O)OC)=C(C)N=3)c2ccccc21. The fraction of sp³-hybridized carbons (Fsp3) is 0.231. The zero-order valence-corrected chi connectivity index (χ0v) is 20.9. The van der Waals surface area contributed by atoms with E-state index in [0.717, 1.165) is 29.0 Å². The van der Waals surface area contributed by atoms with Crippen LogP contribution >= 0.6 is 22.9 Å². The number of esters is 1. The summed E-state index contributed by atoms with van der Waals surface area (Å²) in [4.78, 5) is 47.0. The van der Waals surface area contributed by atoms with Crippen LogP contribution in [-0.2, 0) is 14.3 Å². The lowest BCUT2D eigenvalue weighted by molar-refractivity contribution is -0.136. The first-order valence-corrected chi connectivity index (χ1v) is 12.4. The van der Waals surface area contributed by atoms with Crippen molar-refractivity contribution in [2.75, 3.05) is 18.6 Å². The molecule has 1 amide bonds. The summed E-state index contributed by atoms with van der Waals surface area (Å²) in [5.74, 6) is -0.772. The highest BCUT2D eigenvalue weighted by atomic mass is 35.5. The summed E-state index contributed by atoms with van der Waals surface area (Å²) in [7, 11) is 1.30. The fourth-order valence-corrected chi connectivity index (χ4v) is 5.91. The Bertz CT molecular complexity index is 1580.